The summed E-state index contributed by atoms with van der Waals surface area (Å²) >= 11 is 6.13. The third kappa shape index (κ3) is 2.23. The number of benzene rings is 1. The number of aromatic amines is 1. The summed E-state index contributed by atoms with van der Waals surface area (Å²) in [7, 11) is 0. The molecule has 2 N–H and O–H groups in total. The number of hydrogen-bond donors (Lipinski definition) is 2. The molecule has 0 saturated heterocycles. The van der Waals surface area contributed by atoms with Gasteiger partial charge in [-0.15, -0.1) is 0 Å². The number of fused-ring (bicyclic) bond motifs is 1. The van der Waals surface area contributed by atoms with Crippen LogP contribution in [0.1, 0.15) is 32.0 Å². The molecule has 1 aromatic carbocycles. The number of nitrogens with one attached hydrogen (secondary N) is 2. The number of H-pyrrole nitrogens is 1. The predicted molar refractivity (Wildman–Crippen MR) is 70.0 cm³/mol. The summed E-state index contributed by atoms with van der Waals surface area (Å²) in [5.41, 5.74) is 2.22. The minimum absolute atomic E-state index is 0.336. The van der Waals surface area contributed by atoms with Crippen molar-refractivity contribution in [2.75, 3.05) is 6.54 Å². The van der Waals surface area contributed by atoms with Gasteiger partial charge in [0.2, 0.25) is 0 Å². The van der Waals surface area contributed by atoms with E-state index in [1.807, 2.05) is 12.1 Å². The van der Waals surface area contributed by atoms with Crippen molar-refractivity contribution in [3.8, 4) is 0 Å². The first kappa shape index (κ1) is 11.5. The average Bonchev–Trinajstić information content (AvgIpc) is 2.71. The monoisotopic (exact) mass is 236 g/mol. The van der Waals surface area contributed by atoms with E-state index in [0.717, 1.165) is 23.5 Å². The van der Waals surface area contributed by atoms with Crippen LogP contribution in [0.5, 0.6) is 0 Å². The number of hydrogen-bond acceptors (Lipinski definition) is 1. The van der Waals surface area contributed by atoms with Crippen molar-refractivity contribution >= 4 is 22.5 Å². The number of para-hydroxylation sites is 1. The van der Waals surface area contributed by atoms with Crippen LogP contribution in [0.2, 0.25) is 5.02 Å². The standard InChI is InChI=1S/C13H17ClN2/c1-3-7-15-9(2)12-8-10-5-4-6-11(14)13(10)16-12/h4-6,8-9,15-16H,3,7H2,1-2H3. The Bertz CT molecular complexity index is 476. The molecule has 0 bridgehead atoms. The highest BCUT2D eigenvalue weighted by atomic mass is 35.5. The van der Waals surface area contributed by atoms with Crippen molar-refractivity contribution in [3.63, 3.8) is 0 Å². The molecule has 0 spiro atoms. The molecule has 0 aliphatic heterocycles. The molecule has 3 heteroatoms. The van der Waals surface area contributed by atoms with Crippen LogP contribution in [0, 0.1) is 0 Å². The molecular formula is C13H17ClN2. The van der Waals surface area contributed by atoms with Gasteiger partial charge in [-0.3, -0.25) is 0 Å². The molecule has 1 unspecified atom stereocenters. The van der Waals surface area contributed by atoms with Crippen molar-refractivity contribution < 1.29 is 0 Å². The quantitative estimate of drug-likeness (QED) is 0.829. The van der Waals surface area contributed by atoms with Crippen molar-refractivity contribution in [2.45, 2.75) is 26.3 Å². The second-order valence-corrected chi connectivity index (χ2v) is 4.51. The second kappa shape index (κ2) is 4.89. The van der Waals surface area contributed by atoms with E-state index in [1.165, 1.54) is 11.1 Å². The lowest BCUT2D eigenvalue weighted by atomic mass is 10.2. The van der Waals surface area contributed by atoms with Gasteiger partial charge >= 0.3 is 0 Å². The molecule has 0 amide bonds. The maximum atomic E-state index is 6.13. The van der Waals surface area contributed by atoms with Crippen LogP contribution in [0.25, 0.3) is 10.9 Å². The Hall–Kier alpha value is -0.990. The highest BCUT2D eigenvalue weighted by Crippen LogP contribution is 2.25. The molecule has 2 nitrogen and oxygen atoms in total. The Morgan fingerprint density at radius 2 is 2.25 bits per heavy atom. The zero-order valence-electron chi connectivity index (χ0n) is 9.68. The first-order chi connectivity index (χ1) is 7.72. The SMILES string of the molecule is CCCNC(C)c1cc2cccc(Cl)c2[nH]1. The Morgan fingerprint density at radius 3 is 2.94 bits per heavy atom. The molecular weight excluding hydrogens is 220 g/mol. The molecule has 2 aromatic rings. The lowest BCUT2D eigenvalue weighted by Gasteiger charge is -2.10. The van der Waals surface area contributed by atoms with Crippen molar-refractivity contribution in [3.05, 3.63) is 35.0 Å². The smallest absolute Gasteiger partial charge is 0.0647 e. The predicted octanol–water partition coefficient (Wildman–Crippen LogP) is 3.88. The lowest BCUT2D eigenvalue weighted by molar-refractivity contribution is 0.561. The third-order valence-electron chi connectivity index (χ3n) is 2.79. The molecule has 2 rings (SSSR count). The minimum Gasteiger partial charge on any atom is -0.356 e. The molecule has 16 heavy (non-hydrogen) atoms. The molecule has 1 aromatic heterocycles. The number of aromatic nitrogens is 1. The average molecular weight is 237 g/mol. The Kier molecular flexibility index (Phi) is 3.52. The zero-order chi connectivity index (χ0) is 11.5. The Balaban J connectivity index is 2.29. The molecule has 0 aliphatic rings. The third-order valence-corrected chi connectivity index (χ3v) is 3.11. The molecule has 1 heterocycles. The molecule has 0 aliphatic carbocycles. The van der Waals surface area contributed by atoms with Gasteiger partial charge in [-0.05, 0) is 32.0 Å². The van der Waals surface area contributed by atoms with Crippen molar-refractivity contribution in [1.82, 2.24) is 10.3 Å². The van der Waals surface area contributed by atoms with Crippen LogP contribution in [-0.2, 0) is 0 Å². The topological polar surface area (TPSA) is 27.8 Å². The maximum absolute atomic E-state index is 6.13. The van der Waals surface area contributed by atoms with Crippen LogP contribution in [-0.4, -0.2) is 11.5 Å². The zero-order valence-corrected chi connectivity index (χ0v) is 10.4. The van der Waals surface area contributed by atoms with Gasteiger partial charge in [0.05, 0.1) is 10.5 Å². The van der Waals surface area contributed by atoms with E-state index in [9.17, 15) is 0 Å². The minimum atomic E-state index is 0.336. The molecule has 86 valence electrons. The lowest BCUT2D eigenvalue weighted by Crippen LogP contribution is -2.19. The van der Waals surface area contributed by atoms with Gasteiger partial charge in [0.1, 0.15) is 0 Å². The van der Waals surface area contributed by atoms with E-state index in [2.05, 4.69) is 36.3 Å². The number of halogens is 1. The number of rotatable bonds is 4. The van der Waals surface area contributed by atoms with Gasteiger partial charge in [-0.25, -0.2) is 0 Å². The van der Waals surface area contributed by atoms with E-state index in [4.69, 9.17) is 11.6 Å². The largest absolute Gasteiger partial charge is 0.356 e. The fraction of sp³-hybridized carbons (Fsp3) is 0.385. The van der Waals surface area contributed by atoms with Crippen molar-refractivity contribution in [1.29, 1.82) is 0 Å². The normalized spacial score (nSPS) is 13.2. The first-order valence-corrected chi connectivity index (χ1v) is 6.10. The summed E-state index contributed by atoms with van der Waals surface area (Å²) in [6.07, 6.45) is 1.14. The van der Waals surface area contributed by atoms with Crippen LogP contribution in [0.15, 0.2) is 24.3 Å². The van der Waals surface area contributed by atoms with E-state index in [0.29, 0.717) is 6.04 Å². The van der Waals surface area contributed by atoms with Gasteiger partial charge in [0, 0.05) is 17.1 Å². The highest BCUT2D eigenvalue weighted by Gasteiger charge is 2.09. The summed E-state index contributed by atoms with van der Waals surface area (Å²) in [4.78, 5) is 3.38. The van der Waals surface area contributed by atoms with E-state index >= 15 is 0 Å². The van der Waals surface area contributed by atoms with E-state index in [-0.39, 0.29) is 0 Å². The molecule has 0 fully saturated rings. The molecule has 1 atom stereocenters. The molecule has 0 saturated carbocycles. The summed E-state index contributed by atoms with van der Waals surface area (Å²) in [6, 6.07) is 8.46. The highest BCUT2D eigenvalue weighted by molar-refractivity contribution is 6.35. The summed E-state index contributed by atoms with van der Waals surface area (Å²) in [5, 5.41) is 5.41. The van der Waals surface area contributed by atoms with Gasteiger partial charge in [0.25, 0.3) is 0 Å². The van der Waals surface area contributed by atoms with Crippen LogP contribution in [0.4, 0.5) is 0 Å². The van der Waals surface area contributed by atoms with E-state index in [1.54, 1.807) is 0 Å². The van der Waals surface area contributed by atoms with Crippen LogP contribution in [0.3, 0.4) is 0 Å². The van der Waals surface area contributed by atoms with Crippen LogP contribution < -0.4 is 5.32 Å². The Labute approximate surface area is 101 Å². The van der Waals surface area contributed by atoms with Crippen LogP contribution >= 0.6 is 11.6 Å². The van der Waals surface area contributed by atoms with Gasteiger partial charge in [-0.2, -0.15) is 0 Å². The van der Waals surface area contributed by atoms with Gasteiger partial charge < -0.3 is 10.3 Å². The van der Waals surface area contributed by atoms with Crippen molar-refractivity contribution in [2.24, 2.45) is 0 Å². The van der Waals surface area contributed by atoms with Gasteiger partial charge in [-0.1, -0.05) is 30.7 Å². The second-order valence-electron chi connectivity index (χ2n) is 4.10. The summed E-state index contributed by atoms with van der Waals surface area (Å²) < 4.78 is 0. The summed E-state index contributed by atoms with van der Waals surface area (Å²) in [6.45, 7) is 5.36. The fourth-order valence-electron chi connectivity index (χ4n) is 1.84. The molecule has 0 radical (unpaired) electrons. The Morgan fingerprint density at radius 1 is 1.44 bits per heavy atom. The van der Waals surface area contributed by atoms with E-state index < -0.39 is 0 Å². The fourth-order valence-corrected chi connectivity index (χ4v) is 2.07. The van der Waals surface area contributed by atoms with Gasteiger partial charge in [0.15, 0.2) is 0 Å². The summed E-state index contributed by atoms with van der Waals surface area (Å²) in [5.74, 6) is 0. The maximum Gasteiger partial charge on any atom is 0.0647 e. The first-order valence-electron chi connectivity index (χ1n) is 5.73.